The zero-order valence-electron chi connectivity index (χ0n) is 11.7. The topological polar surface area (TPSA) is 101 Å². The molecule has 1 aromatic carbocycles. The van der Waals surface area contributed by atoms with Crippen molar-refractivity contribution < 1.29 is 15.1 Å². The summed E-state index contributed by atoms with van der Waals surface area (Å²) in [5, 5.41) is 21.5. The zero-order chi connectivity index (χ0) is 15.9. The van der Waals surface area contributed by atoms with Gasteiger partial charge in [-0.25, -0.2) is 0 Å². The average Bonchev–Trinajstić information content (AvgIpc) is 2.54. The van der Waals surface area contributed by atoms with Crippen LogP contribution in [0.4, 0.5) is 0 Å². The highest BCUT2D eigenvalue weighted by Crippen LogP contribution is 2.23. The number of hydrogen-bond acceptors (Lipinski definition) is 5. The van der Waals surface area contributed by atoms with E-state index in [9.17, 15) is 0 Å². The molecule has 6 nitrogen and oxygen atoms in total. The summed E-state index contributed by atoms with van der Waals surface area (Å²) in [6.07, 6.45) is 2.05. The molecule has 2 aromatic rings. The minimum absolute atomic E-state index is 0.0926. The lowest BCUT2D eigenvalue weighted by Crippen LogP contribution is -2.19. The highest BCUT2D eigenvalue weighted by Gasteiger charge is 2.16. The second kappa shape index (κ2) is 7.63. The maximum absolute atomic E-state index is 8.98. The fourth-order valence-electron chi connectivity index (χ4n) is 2.01. The molecule has 0 amide bonds. The number of aliphatic hydroxyl groups excluding tert-OH is 1. The molecule has 22 heavy (non-hydrogen) atoms. The molecule has 7 heteroatoms. The maximum Gasteiger partial charge on any atom is 0.175 e. The largest absolute Gasteiger partial charge is 0.490 e. The van der Waals surface area contributed by atoms with Gasteiger partial charge in [-0.3, -0.25) is 4.98 Å². The summed E-state index contributed by atoms with van der Waals surface area (Å²) in [6.45, 7) is -0.0272. The van der Waals surface area contributed by atoms with Crippen molar-refractivity contribution in [1.29, 1.82) is 0 Å². The van der Waals surface area contributed by atoms with Crippen LogP contribution >= 0.6 is 11.6 Å². The van der Waals surface area contributed by atoms with Crippen LogP contribution in [0.15, 0.2) is 41.7 Å². The first-order valence-corrected chi connectivity index (χ1v) is 6.97. The van der Waals surface area contributed by atoms with Crippen molar-refractivity contribution >= 4 is 17.4 Å². The van der Waals surface area contributed by atoms with Gasteiger partial charge in [0.05, 0.1) is 17.9 Å². The molecule has 0 aliphatic heterocycles. The number of nitrogens with two attached hydrogens (primary N) is 1. The molecule has 0 bridgehead atoms. The fourth-order valence-corrected chi connectivity index (χ4v) is 2.14. The number of amidine groups is 1. The van der Waals surface area contributed by atoms with Gasteiger partial charge in [-0.05, 0) is 23.8 Å². The Morgan fingerprint density at radius 2 is 2.00 bits per heavy atom. The molecule has 116 valence electrons. The molecule has 0 saturated heterocycles. The van der Waals surface area contributed by atoms with E-state index in [4.69, 9.17) is 32.4 Å². The summed E-state index contributed by atoms with van der Waals surface area (Å²) in [5.41, 5.74) is 7.73. The van der Waals surface area contributed by atoms with Crippen LogP contribution in [0.2, 0.25) is 5.02 Å². The first kappa shape index (κ1) is 16.1. The van der Waals surface area contributed by atoms with E-state index in [1.54, 1.807) is 24.4 Å². The molecule has 0 unspecified atom stereocenters. The summed E-state index contributed by atoms with van der Waals surface area (Å²) >= 11 is 5.87. The van der Waals surface area contributed by atoms with Gasteiger partial charge < -0.3 is 20.8 Å². The molecule has 2 rings (SSSR count). The predicted molar refractivity (Wildman–Crippen MR) is 83.6 cm³/mol. The number of benzene rings is 1. The Morgan fingerprint density at radius 1 is 1.27 bits per heavy atom. The number of pyridine rings is 1. The number of nitrogens with zero attached hydrogens (tertiary/aromatic N) is 2. The standard InChI is InChI=1S/C15H16ClN3O3/c16-11-3-1-10(2-4-11)9-12-14(15(17)19-21)13(5-6-18-12)22-8-7-20/h1-6,20-21H,7-9H2,(H2,17,19). The maximum atomic E-state index is 8.98. The van der Waals surface area contributed by atoms with Gasteiger partial charge in [0, 0.05) is 17.6 Å². The van der Waals surface area contributed by atoms with E-state index in [1.807, 2.05) is 12.1 Å². The van der Waals surface area contributed by atoms with Gasteiger partial charge in [0.2, 0.25) is 0 Å². The lowest BCUT2D eigenvalue weighted by atomic mass is 10.0. The molecule has 0 spiro atoms. The van der Waals surface area contributed by atoms with Crippen molar-refractivity contribution in [3.05, 3.63) is 58.4 Å². The van der Waals surface area contributed by atoms with Gasteiger partial charge in [-0.15, -0.1) is 0 Å². The summed E-state index contributed by atoms with van der Waals surface area (Å²) in [7, 11) is 0. The Hall–Kier alpha value is -2.31. The minimum atomic E-state index is -0.134. The van der Waals surface area contributed by atoms with E-state index in [-0.39, 0.29) is 19.0 Å². The van der Waals surface area contributed by atoms with Crippen molar-refractivity contribution in [2.24, 2.45) is 10.9 Å². The monoisotopic (exact) mass is 321 g/mol. The van der Waals surface area contributed by atoms with E-state index < -0.39 is 0 Å². The molecule has 0 aliphatic rings. The number of aliphatic hydroxyl groups is 1. The van der Waals surface area contributed by atoms with Crippen LogP contribution in [0, 0.1) is 0 Å². The average molecular weight is 322 g/mol. The Kier molecular flexibility index (Phi) is 5.57. The molecule has 1 heterocycles. The number of ether oxygens (including phenoxy) is 1. The predicted octanol–water partition coefficient (Wildman–Crippen LogP) is 1.79. The van der Waals surface area contributed by atoms with E-state index >= 15 is 0 Å². The normalized spacial score (nSPS) is 11.5. The lowest BCUT2D eigenvalue weighted by molar-refractivity contribution is 0.201. The first-order chi connectivity index (χ1) is 10.7. The summed E-state index contributed by atoms with van der Waals surface area (Å²) in [5.74, 6) is 0.313. The molecule has 0 fully saturated rings. The number of hydrogen-bond donors (Lipinski definition) is 3. The van der Waals surface area contributed by atoms with E-state index in [1.165, 1.54) is 0 Å². The van der Waals surface area contributed by atoms with Gasteiger partial charge in [-0.1, -0.05) is 28.9 Å². The van der Waals surface area contributed by atoms with Crippen LogP contribution in [-0.2, 0) is 6.42 Å². The van der Waals surface area contributed by atoms with Crippen LogP contribution in [0.1, 0.15) is 16.8 Å². The van der Waals surface area contributed by atoms with Gasteiger partial charge in [-0.2, -0.15) is 0 Å². The summed E-state index contributed by atoms with van der Waals surface area (Å²) in [4.78, 5) is 4.29. The first-order valence-electron chi connectivity index (χ1n) is 6.59. The fraction of sp³-hybridized carbons (Fsp3) is 0.200. The van der Waals surface area contributed by atoms with Gasteiger partial charge in [0.1, 0.15) is 12.4 Å². The quantitative estimate of drug-likeness (QED) is 0.326. The molecule has 0 radical (unpaired) electrons. The van der Waals surface area contributed by atoms with Crippen molar-refractivity contribution in [2.45, 2.75) is 6.42 Å². The SMILES string of the molecule is NC(=NO)c1c(OCCO)ccnc1Cc1ccc(Cl)cc1. The molecule has 0 saturated carbocycles. The third kappa shape index (κ3) is 3.87. The number of aromatic nitrogens is 1. The van der Waals surface area contributed by atoms with Crippen molar-refractivity contribution in [2.75, 3.05) is 13.2 Å². The smallest absolute Gasteiger partial charge is 0.175 e. The van der Waals surface area contributed by atoms with Crippen LogP contribution in [0.25, 0.3) is 0 Å². The second-order valence-electron chi connectivity index (χ2n) is 4.49. The number of oxime groups is 1. The highest BCUT2D eigenvalue weighted by atomic mass is 35.5. The highest BCUT2D eigenvalue weighted by molar-refractivity contribution is 6.30. The van der Waals surface area contributed by atoms with Gasteiger partial charge >= 0.3 is 0 Å². The van der Waals surface area contributed by atoms with E-state index in [0.29, 0.717) is 28.5 Å². The van der Waals surface area contributed by atoms with E-state index in [0.717, 1.165) is 5.56 Å². The Balaban J connectivity index is 2.38. The molecule has 4 N–H and O–H groups in total. The van der Waals surface area contributed by atoms with Crippen molar-refractivity contribution in [1.82, 2.24) is 4.98 Å². The molecule has 0 atom stereocenters. The van der Waals surface area contributed by atoms with Crippen LogP contribution in [0.5, 0.6) is 5.75 Å². The van der Waals surface area contributed by atoms with Gasteiger partial charge in [0.15, 0.2) is 5.84 Å². The lowest BCUT2D eigenvalue weighted by Gasteiger charge is -2.13. The third-order valence-corrected chi connectivity index (χ3v) is 3.24. The van der Waals surface area contributed by atoms with Crippen LogP contribution in [0.3, 0.4) is 0 Å². The molecular formula is C15H16ClN3O3. The Bertz CT molecular complexity index is 660. The minimum Gasteiger partial charge on any atom is -0.490 e. The Labute approximate surface area is 132 Å². The van der Waals surface area contributed by atoms with Crippen molar-refractivity contribution in [3.8, 4) is 5.75 Å². The third-order valence-electron chi connectivity index (χ3n) is 2.99. The second-order valence-corrected chi connectivity index (χ2v) is 4.93. The molecule has 1 aromatic heterocycles. The number of rotatable bonds is 6. The Morgan fingerprint density at radius 3 is 2.64 bits per heavy atom. The number of halogens is 1. The summed E-state index contributed by atoms with van der Waals surface area (Å²) < 4.78 is 5.42. The van der Waals surface area contributed by atoms with Crippen LogP contribution in [-0.4, -0.2) is 34.3 Å². The van der Waals surface area contributed by atoms with Gasteiger partial charge in [0.25, 0.3) is 0 Å². The zero-order valence-corrected chi connectivity index (χ0v) is 12.5. The van der Waals surface area contributed by atoms with Crippen molar-refractivity contribution in [3.63, 3.8) is 0 Å². The summed E-state index contributed by atoms with van der Waals surface area (Å²) in [6, 6.07) is 8.93. The molecular weight excluding hydrogens is 306 g/mol. The molecule has 0 aliphatic carbocycles. The van der Waals surface area contributed by atoms with E-state index in [2.05, 4.69) is 10.1 Å². The van der Waals surface area contributed by atoms with Crippen LogP contribution < -0.4 is 10.5 Å².